The third-order valence-corrected chi connectivity index (χ3v) is 3.21. The molecule has 0 bridgehead atoms. The van der Waals surface area contributed by atoms with Gasteiger partial charge in [-0.1, -0.05) is 13.8 Å². The zero-order valence-electron chi connectivity index (χ0n) is 8.24. The number of rotatable bonds is 3. The molecule has 3 nitrogen and oxygen atoms in total. The summed E-state index contributed by atoms with van der Waals surface area (Å²) in [5.41, 5.74) is -0.0547. The molecule has 0 radical (unpaired) electrons. The first-order valence-corrected chi connectivity index (χ1v) is 4.48. The van der Waals surface area contributed by atoms with E-state index >= 15 is 0 Å². The third-order valence-electron chi connectivity index (χ3n) is 3.21. The summed E-state index contributed by atoms with van der Waals surface area (Å²) < 4.78 is 0. The van der Waals surface area contributed by atoms with Crippen LogP contribution < -0.4 is 0 Å². The van der Waals surface area contributed by atoms with E-state index < -0.39 is 6.10 Å². The summed E-state index contributed by atoms with van der Waals surface area (Å²) in [6, 6.07) is 2.09. The van der Waals surface area contributed by atoms with Gasteiger partial charge in [-0.15, -0.1) is 0 Å². The fraction of sp³-hybridized carbons (Fsp3) is 0.800. The van der Waals surface area contributed by atoms with Crippen molar-refractivity contribution in [1.29, 1.82) is 5.26 Å². The molecule has 3 atom stereocenters. The number of nitrogens with zero attached hydrogens (tertiary/aromatic N) is 1. The van der Waals surface area contributed by atoms with E-state index in [1.807, 2.05) is 13.8 Å². The smallest absolute Gasteiger partial charge is 0.158 e. The second-order valence-corrected chi connectivity index (χ2v) is 4.37. The lowest BCUT2D eigenvalue weighted by Gasteiger charge is -2.07. The SMILES string of the molecule is CC(=O)C(O)C1C(CC#N)C1(C)C. The number of aliphatic hydroxyl groups is 1. The Bertz CT molecular complexity index is 265. The van der Waals surface area contributed by atoms with Gasteiger partial charge >= 0.3 is 0 Å². The Balaban J connectivity index is 2.65. The Morgan fingerprint density at radius 2 is 2.23 bits per heavy atom. The summed E-state index contributed by atoms with van der Waals surface area (Å²) in [5.74, 6) is -0.0421. The second-order valence-electron chi connectivity index (χ2n) is 4.37. The van der Waals surface area contributed by atoms with Crippen LogP contribution in [0.25, 0.3) is 0 Å². The van der Waals surface area contributed by atoms with Crippen molar-refractivity contribution in [3.05, 3.63) is 0 Å². The first-order valence-electron chi connectivity index (χ1n) is 4.48. The van der Waals surface area contributed by atoms with Crippen LogP contribution in [0.4, 0.5) is 0 Å². The predicted octanol–water partition coefficient (Wildman–Crippen LogP) is 1.12. The maximum absolute atomic E-state index is 10.9. The molecule has 3 heteroatoms. The summed E-state index contributed by atoms with van der Waals surface area (Å²) in [7, 11) is 0. The molecule has 3 unspecified atom stereocenters. The van der Waals surface area contributed by atoms with Gasteiger partial charge in [0.05, 0.1) is 6.07 Å². The molecular formula is C10H15NO2. The Labute approximate surface area is 78.4 Å². The molecule has 0 saturated heterocycles. The van der Waals surface area contributed by atoms with Gasteiger partial charge in [-0.25, -0.2) is 0 Å². The highest BCUT2D eigenvalue weighted by molar-refractivity contribution is 5.81. The first kappa shape index (κ1) is 10.2. The fourth-order valence-corrected chi connectivity index (χ4v) is 2.15. The zero-order chi connectivity index (χ0) is 10.2. The van der Waals surface area contributed by atoms with Crippen molar-refractivity contribution in [3.63, 3.8) is 0 Å². The first-order chi connectivity index (χ1) is 5.92. The molecule has 0 amide bonds. The van der Waals surface area contributed by atoms with Crippen molar-refractivity contribution in [2.75, 3.05) is 0 Å². The lowest BCUT2D eigenvalue weighted by molar-refractivity contribution is -0.126. The number of hydrogen-bond donors (Lipinski definition) is 1. The summed E-state index contributed by atoms with van der Waals surface area (Å²) in [6.07, 6.45) is -0.449. The minimum absolute atomic E-state index is 0.0235. The number of nitriles is 1. The van der Waals surface area contributed by atoms with Gasteiger partial charge in [0.15, 0.2) is 5.78 Å². The van der Waals surface area contributed by atoms with Crippen molar-refractivity contribution in [2.24, 2.45) is 17.3 Å². The number of carbonyl (C=O) groups excluding carboxylic acids is 1. The van der Waals surface area contributed by atoms with Crippen LogP contribution in [0.1, 0.15) is 27.2 Å². The van der Waals surface area contributed by atoms with Gasteiger partial charge in [0.2, 0.25) is 0 Å². The standard InChI is InChI=1S/C10H15NO2/c1-6(12)9(13)8-7(4-5-11)10(8,2)3/h7-9,13H,4H2,1-3H3. The summed E-state index contributed by atoms with van der Waals surface area (Å²) in [4.78, 5) is 10.9. The second kappa shape index (κ2) is 3.12. The number of Topliss-reactive ketones (excluding diaryl/α,β-unsaturated/α-hetero) is 1. The van der Waals surface area contributed by atoms with Crippen molar-refractivity contribution < 1.29 is 9.90 Å². The zero-order valence-corrected chi connectivity index (χ0v) is 8.24. The molecule has 1 aliphatic carbocycles. The number of aliphatic hydroxyl groups excluding tert-OH is 1. The number of ketones is 1. The Hall–Kier alpha value is -0.880. The van der Waals surface area contributed by atoms with Gasteiger partial charge in [0, 0.05) is 12.3 Å². The van der Waals surface area contributed by atoms with Crippen molar-refractivity contribution in [3.8, 4) is 6.07 Å². The quantitative estimate of drug-likeness (QED) is 0.709. The fourth-order valence-electron chi connectivity index (χ4n) is 2.15. The van der Waals surface area contributed by atoms with E-state index in [0.717, 1.165) is 0 Å². The van der Waals surface area contributed by atoms with Crippen molar-refractivity contribution >= 4 is 5.78 Å². The molecule has 0 aromatic carbocycles. The van der Waals surface area contributed by atoms with Crippen LogP contribution in [0.5, 0.6) is 0 Å². The van der Waals surface area contributed by atoms with E-state index in [4.69, 9.17) is 5.26 Å². The van der Waals surface area contributed by atoms with E-state index in [-0.39, 0.29) is 23.0 Å². The summed E-state index contributed by atoms with van der Waals surface area (Å²) in [6.45, 7) is 5.38. The van der Waals surface area contributed by atoms with Crippen molar-refractivity contribution in [2.45, 2.75) is 33.3 Å². The molecule has 1 saturated carbocycles. The highest BCUT2D eigenvalue weighted by Gasteiger charge is 2.61. The summed E-state index contributed by atoms with van der Waals surface area (Å²) >= 11 is 0. The average Bonchev–Trinajstić information content (AvgIpc) is 2.53. The average molecular weight is 181 g/mol. The Kier molecular flexibility index (Phi) is 2.44. The molecule has 1 N–H and O–H groups in total. The maximum atomic E-state index is 10.9. The van der Waals surface area contributed by atoms with E-state index in [2.05, 4.69) is 6.07 Å². The molecule has 0 aromatic rings. The highest BCUT2D eigenvalue weighted by atomic mass is 16.3. The molecule has 1 rings (SSSR count). The molecule has 0 spiro atoms. The lowest BCUT2D eigenvalue weighted by Crippen LogP contribution is -2.22. The molecule has 13 heavy (non-hydrogen) atoms. The molecule has 0 aliphatic heterocycles. The lowest BCUT2D eigenvalue weighted by atomic mass is 10.0. The van der Waals surface area contributed by atoms with Gasteiger partial charge in [-0.2, -0.15) is 5.26 Å². The van der Waals surface area contributed by atoms with Gasteiger partial charge in [0.25, 0.3) is 0 Å². The van der Waals surface area contributed by atoms with E-state index in [1.165, 1.54) is 6.92 Å². The van der Waals surface area contributed by atoms with Crippen LogP contribution in [-0.4, -0.2) is 17.0 Å². The van der Waals surface area contributed by atoms with E-state index in [9.17, 15) is 9.90 Å². The molecule has 0 heterocycles. The molecule has 1 aliphatic rings. The largest absolute Gasteiger partial charge is 0.385 e. The van der Waals surface area contributed by atoms with Crippen LogP contribution in [0.15, 0.2) is 0 Å². The van der Waals surface area contributed by atoms with Gasteiger partial charge in [-0.3, -0.25) is 4.79 Å². The van der Waals surface area contributed by atoms with Gasteiger partial charge in [0.1, 0.15) is 6.10 Å². The number of carbonyl (C=O) groups is 1. The molecular weight excluding hydrogens is 166 g/mol. The Morgan fingerprint density at radius 1 is 1.69 bits per heavy atom. The molecule has 72 valence electrons. The van der Waals surface area contributed by atoms with Crippen molar-refractivity contribution in [1.82, 2.24) is 0 Å². The maximum Gasteiger partial charge on any atom is 0.158 e. The van der Waals surface area contributed by atoms with Crippen LogP contribution in [0.2, 0.25) is 0 Å². The van der Waals surface area contributed by atoms with Crippen LogP contribution in [0.3, 0.4) is 0 Å². The van der Waals surface area contributed by atoms with Crippen LogP contribution in [-0.2, 0) is 4.79 Å². The minimum Gasteiger partial charge on any atom is -0.385 e. The van der Waals surface area contributed by atoms with E-state index in [1.54, 1.807) is 0 Å². The van der Waals surface area contributed by atoms with Gasteiger partial charge in [-0.05, 0) is 18.3 Å². The van der Waals surface area contributed by atoms with Gasteiger partial charge < -0.3 is 5.11 Å². The topological polar surface area (TPSA) is 61.1 Å². The minimum atomic E-state index is -0.881. The number of hydrogen-bond acceptors (Lipinski definition) is 3. The molecule has 1 fully saturated rings. The summed E-state index contributed by atoms with van der Waals surface area (Å²) in [5, 5.41) is 18.1. The third kappa shape index (κ3) is 1.59. The highest BCUT2D eigenvalue weighted by Crippen LogP contribution is 2.61. The monoisotopic (exact) mass is 181 g/mol. The molecule has 0 aromatic heterocycles. The van der Waals surface area contributed by atoms with Crippen LogP contribution in [0, 0.1) is 28.6 Å². The predicted molar refractivity (Wildman–Crippen MR) is 47.7 cm³/mol. The Morgan fingerprint density at radius 3 is 2.62 bits per heavy atom. The normalized spacial score (nSPS) is 31.9. The van der Waals surface area contributed by atoms with Crippen LogP contribution >= 0.6 is 0 Å². The van der Waals surface area contributed by atoms with E-state index in [0.29, 0.717) is 6.42 Å².